The topological polar surface area (TPSA) is 105 Å². The van der Waals surface area contributed by atoms with Crippen LogP contribution in [0.5, 0.6) is 0 Å². The minimum atomic E-state index is -0.358. The van der Waals surface area contributed by atoms with E-state index < -0.39 is 0 Å². The Morgan fingerprint density at radius 1 is 0.844 bits per heavy atom. The van der Waals surface area contributed by atoms with E-state index in [9.17, 15) is 9.18 Å². The van der Waals surface area contributed by atoms with Crippen molar-refractivity contribution < 1.29 is 23.2 Å². The molecule has 0 unspecified atom stereocenters. The van der Waals surface area contributed by atoms with Gasteiger partial charge < -0.3 is 24.2 Å². The fraction of sp³-hybridized carbons (Fsp3) is 0.139. The monoisotopic (exact) mass is 606 g/mol. The van der Waals surface area contributed by atoms with E-state index in [2.05, 4.69) is 16.4 Å². The summed E-state index contributed by atoms with van der Waals surface area (Å²) in [6.45, 7) is 8.00. The van der Waals surface area contributed by atoms with Gasteiger partial charge in [-0.15, -0.1) is 0 Å². The summed E-state index contributed by atoms with van der Waals surface area (Å²) < 4.78 is 19.9. The zero-order valence-electron chi connectivity index (χ0n) is 25.9. The van der Waals surface area contributed by atoms with E-state index in [1.54, 1.807) is 19.2 Å². The number of halogens is 1. The molecule has 6 rings (SSSR count). The van der Waals surface area contributed by atoms with E-state index in [0.717, 1.165) is 33.3 Å². The molecule has 0 spiro atoms. The summed E-state index contributed by atoms with van der Waals surface area (Å²) >= 11 is 0. The van der Waals surface area contributed by atoms with Gasteiger partial charge in [0.25, 0.3) is 5.91 Å². The number of anilines is 1. The third-order valence-electron chi connectivity index (χ3n) is 6.77. The van der Waals surface area contributed by atoms with Gasteiger partial charge in [0.1, 0.15) is 30.7 Å². The van der Waals surface area contributed by atoms with Crippen molar-refractivity contribution in [3.8, 4) is 33.8 Å². The molecule has 0 aliphatic rings. The van der Waals surface area contributed by atoms with Gasteiger partial charge in [-0.05, 0) is 48.0 Å². The Kier molecular flexibility index (Phi) is 11.8. The van der Waals surface area contributed by atoms with Gasteiger partial charge in [-0.25, -0.2) is 14.4 Å². The second kappa shape index (κ2) is 15.7. The Balaban J connectivity index is 0.000000870. The molecule has 0 saturated heterocycles. The Hall–Kier alpha value is -5.70. The number of hydrogen-bond donors (Lipinski definition) is 1. The predicted octanol–water partition coefficient (Wildman–Crippen LogP) is 7.60. The molecule has 1 N–H and O–H groups in total. The van der Waals surface area contributed by atoms with Crippen molar-refractivity contribution in [2.75, 3.05) is 26.0 Å². The third-order valence-corrected chi connectivity index (χ3v) is 6.77. The quantitative estimate of drug-likeness (QED) is 0.215. The molecule has 0 aliphatic carbocycles. The number of nitrogens with one attached hydrogen (secondary N) is 1. The van der Waals surface area contributed by atoms with Gasteiger partial charge in [0, 0.05) is 66.6 Å². The number of aromatic nitrogens is 2. The second-order valence-electron chi connectivity index (χ2n) is 9.49. The second-order valence-corrected chi connectivity index (χ2v) is 9.49. The maximum Gasteiger partial charge on any atom is 0.255 e. The molecule has 2 aromatic heterocycles. The summed E-state index contributed by atoms with van der Waals surface area (Å²) in [5, 5.41) is 4.37. The van der Waals surface area contributed by atoms with Gasteiger partial charge in [0.2, 0.25) is 0 Å². The molecular weight excluding hydrogens is 571 g/mol. The lowest BCUT2D eigenvalue weighted by Gasteiger charge is -2.18. The first-order chi connectivity index (χ1) is 21.9. The fourth-order valence-electron chi connectivity index (χ4n) is 4.83. The number of carbonyl (C=O) groups is 3. The standard InChI is InChI=1S/C32H25FN4O2.C2H6.2CH2O/c1-34-32(38)29-25-16-24(27(37(2)3)17-28(25)39-30(29)19-11-13-23(33)14-12-19)20-8-6-9-21(15-20)31-35-18-22-7-4-5-10-26(22)36-31;3*1-2/h4-18H,1-3H3,(H,34,38);1-2H3;2*1H2. The van der Waals surface area contributed by atoms with E-state index in [4.69, 9.17) is 19.0 Å². The summed E-state index contributed by atoms with van der Waals surface area (Å²) in [6.07, 6.45) is 1.83. The highest BCUT2D eigenvalue weighted by atomic mass is 19.1. The van der Waals surface area contributed by atoms with Crippen molar-refractivity contribution in [1.29, 1.82) is 0 Å². The molecule has 0 bridgehead atoms. The van der Waals surface area contributed by atoms with Crippen LogP contribution in [0.2, 0.25) is 0 Å². The summed E-state index contributed by atoms with van der Waals surface area (Å²) in [5.41, 5.74) is 6.14. The van der Waals surface area contributed by atoms with Crippen LogP contribution in [0.3, 0.4) is 0 Å². The normalized spacial score (nSPS) is 10.0. The van der Waals surface area contributed by atoms with Crippen molar-refractivity contribution in [3.63, 3.8) is 0 Å². The maximum atomic E-state index is 13.6. The van der Waals surface area contributed by atoms with Crippen LogP contribution in [0.4, 0.5) is 10.1 Å². The molecular formula is C36H35FN4O4. The Morgan fingerprint density at radius 3 is 2.18 bits per heavy atom. The first-order valence-corrected chi connectivity index (χ1v) is 14.1. The van der Waals surface area contributed by atoms with E-state index >= 15 is 0 Å². The highest BCUT2D eigenvalue weighted by Crippen LogP contribution is 2.41. The van der Waals surface area contributed by atoms with E-state index in [1.807, 2.05) is 107 Å². The molecule has 6 aromatic rings. The summed E-state index contributed by atoms with van der Waals surface area (Å²) in [6, 6.07) is 25.8. The third kappa shape index (κ3) is 7.10. The Labute approximate surface area is 261 Å². The smallest absolute Gasteiger partial charge is 0.255 e. The van der Waals surface area contributed by atoms with Crippen molar-refractivity contribution >= 4 is 47.0 Å². The van der Waals surface area contributed by atoms with Crippen molar-refractivity contribution in [3.05, 3.63) is 103 Å². The fourth-order valence-corrected chi connectivity index (χ4v) is 4.83. The number of hydrogen-bond acceptors (Lipinski definition) is 7. The molecule has 0 aliphatic heterocycles. The summed E-state index contributed by atoms with van der Waals surface area (Å²) in [4.78, 5) is 40.5. The van der Waals surface area contributed by atoms with Gasteiger partial charge >= 0.3 is 0 Å². The van der Waals surface area contributed by atoms with Crippen molar-refractivity contribution in [2.24, 2.45) is 0 Å². The number of furan rings is 1. The van der Waals surface area contributed by atoms with Crippen LogP contribution in [0, 0.1) is 5.82 Å². The zero-order chi connectivity index (χ0) is 33.1. The van der Waals surface area contributed by atoms with Gasteiger partial charge in [-0.3, -0.25) is 4.79 Å². The number of rotatable bonds is 5. The number of amides is 1. The average molecular weight is 607 g/mol. The van der Waals surface area contributed by atoms with Gasteiger partial charge in [0.15, 0.2) is 5.82 Å². The first kappa shape index (κ1) is 33.8. The number of fused-ring (bicyclic) bond motifs is 2. The van der Waals surface area contributed by atoms with Crippen LogP contribution < -0.4 is 10.2 Å². The molecule has 0 fully saturated rings. The van der Waals surface area contributed by atoms with E-state index in [-0.39, 0.29) is 11.7 Å². The van der Waals surface area contributed by atoms with Crippen molar-refractivity contribution in [1.82, 2.24) is 15.3 Å². The summed E-state index contributed by atoms with van der Waals surface area (Å²) in [7, 11) is 5.51. The lowest BCUT2D eigenvalue weighted by atomic mass is 9.97. The molecule has 2 heterocycles. The highest BCUT2D eigenvalue weighted by Gasteiger charge is 2.24. The van der Waals surface area contributed by atoms with Gasteiger partial charge in [-0.2, -0.15) is 0 Å². The van der Waals surface area contributed by atoms with Crippen LogP contribution in [0.1, 0.15) is 24.2 Å². The first-order valence-electron chi connectivity index (χ1n) is 14.1. The van der Waals surface area contributed by atoms with Crippen LogP contribution in [-0.4, -0.2) is 50.6 Å². The van der Waals surface area contributed by atoms with Crippen LogP contribution in [0.15, 0.2) is 95.5 Å². The molecule has 45 heavy (non-hydrogen) atoms. The largest absolute Gasteiger partial charge is 0.455 e. The Morgan fingerprint density at radius 2 is 1.51 bits per heavy atom. The molecule has 1 amide bonds. The number of carbonyl (C=O) groups excluding carboxylic acids is 3. The average Bonchev–Trinajstić information content (AvgIpc) is 3.48. The number of para-hydroxylation sites is 1. The Bertz CT molecular complexity index is 1900. The SMILES string of the molecule is C=O.C=O.CC.CNC(=O)c1c(-c2ccc(F)cc2)oc2cc(N(C)C)c(-c3cccc(-c4ncc5ccccc5n4)c3)cc12. The van der Waals surface area contributed by atoms with Gasteiger partial charge in [-0.1, -0.05) is 50.2 Å². The molecule has 0 atom stereocenters. The molecule has 0 saturated carbocycles. The van der Waals surface area contributed by atoms with Crippen LogP contribution >= 0.6 is 0 Å². The summed E-state index contributed by atoms with van der Waals surface area (Å²) in [5.74, 6) is 0.388. The minimum Gasteiger partial charge on any atom is -0.455 e. The molecule has 4 aromatic carbocycles. The molecule has 8 nitrogen and oxygen atoms in total. The zero-order valence-corrected chi connectivity index (χ0v) is 25.9. The maximum absolute atomic E-state index is 13.6. The lowest BCUT2D eigenvalue weighted by molar-refractivity contribution is -0.0987. The molecule has 9 heteroatoms. The molecule has 0 radical (unpaired) electrons. The predicted molar refractivity (Wildman–Crippen MR) is 179 cm³/mol. The van der Waals surface area contributed by atoms with Crippen LogP contribution in [-0.2, 0) is 9.59 Å². The lowest BCUT2D eigenvalue weighted by Crippen LogP contribution is -2.18. The van der Waals surface area contributed by atoms with Crippen LogP contribution in [0.25, 0.3) is 55.7 Å². The van der Waals surface area contributed by atoms with Crippen molar-refractivity contribution in [2.45, 2.75) is 13.8 Å². The number of nitrogens with zero attached hydrogens (tertiary/aromatic N) is 3. The minimum absolute atomic E-state index is 0.282. The van der Waals surface area contributed by atoms with Gasteiger partial charge in [0.05, 0.1) is 11.1 Å². The molecule has 230 valence electrons. The number of benzene rings is 4. The van der Waals surface area contributed by atoms with E-state index in [0.29, 0.717) is 33.7 Å². The highest BCUT2D eigenvalue weighted by molar-refractivity contribution is 6.13. The van der Waals surface area contributed by atoms with E-state index in [1.165, 1.54) is 12.1 Å².